The standard InChI is InChI=1S/C15H16N4O4/c1-2-9-3-6-11(7-12(9)19(21)22)15(20)16-8-13-17-14(18-23-13)10-4-5-10/h3,6-7,10H,2,4-5,8H2,1H3,(H,16,20). The summed E-state index contributed by atoms with van der Waals surface area (Å²) in [6.45, 7) is 1.93. The van der Waals surface area contributed by atoms with Crippen molar-refractivity contribution in [2.75, 3.05) is 0 Å². The maximum atomic E-state index is 12.1. The summed E-state index contributed by atoms with van der Waals surface area (Å²) in [5.41, 5.74) is 0.780. The third-order valence-corrected chi connectivity index (χ3v) is 3.75. The van der Waals surface area contributed by atoms with Crippen molar-refractivity contribution in [3.8, 4) is 0 Å². The molecule has 8 heteroatoms. The van der Waals surface area contributed by atoms with Crippen molar-refractivity contribution in [2.24, 2.45) is 0 Å². The molecule has 1 aromatic carbocycles. The Morgan fingerprint density at radius 2 is 2.26 bits per heavy atom. The first-order chi connectivity index (χ1) is 11.1. The highest BCUT2D eigenvalue weighted by atomic mass is 16.6. The summed E-state index contributed by atoms with van der Waals surface area (Å²) in [6, 6.07) is 4.47. The van der Waals surface area contributed by atoms with Crippen LogP contribution in [0.25, 0.3) is 0 Å². The number of aryl methyl sites for hydroxylation is 1. The summed E-state index contributed by atoms with van der Waals surface area (Å²) in [4.78, 5) is 26.9. The molecule has 0 atom stereocenters. The second-order valence-corrected chi connectivity index (χ2v) is 5.46. The van der Waals surface area contributed by atoms with Crippen LogP contribution in [-0.4, -0.2) is 21.0 Å². The van der Waals surface area contributed by atoms with Crippen LogP contribution in [0.1, 0.15) is 53.3 Å². The van der Waals surface area contributed by atoms with Crippen LogP contribution in [0.2, 0.25) is 0 Å². The van der Waals surface area contributed by atoms with E-state index in [9.17, 15) is 14.9 Å². The molecule has 0 spiro atoms. The van der Waals surface area contributed by atoms with Crippen molar-refractivity contribution in [1.82, 2.24) is 15.5 Å². The number of nitrogens with zero attached hydrogens (tertiary/aromatic N) is 3. The fraction of sp³-hybridized carbons (Fsp3) is 0.400. The zero-order chi connectivity index (χ0) is 16.4. The third kappa shape index (κ3) is 3.36. The normalized spacial score (nSPS) is 13.8. The Hall–Kier alpha value is -2.77. The SMILES string of the molecule is CCc1ccc(C(=O)NCc2nc(C3CC3)no2)cc1[N+](=O)[O-]. The van der Waals surface area contributed by atoms with E-state index < -0.39 is 10.8 Å². The minimum absolute atomic E-state index is 0.0473. The highest BCUT2D eigenvalue weighted by Gasteiger charge is 2.28. The summed E-state index contributed by atoms with van der Waals surface area (Å²) in [6.07, 6.45) is 2.67. The molecular formula is C15H16N4O4. The molecule has 1 aliphatic carbocycles. The third-order valence-electron chi connectivity index (χ3n) is 3.75. The Labute approximate surface area is 132 Å². The van der Waals surface area contributed by atoms with Crippen LogP contribution >= 0.6 is 0 Å². The highest BCUT2D eigenvalue weighted by molar-refractivity contribution is 5.94. The first-order valence-electron chi connectivity index (χ1n) is 7.46. The number of carbonyl (C=O) groups excluding carboxylic acids is 1. The van der Waals surface area contributed by atoms with Gasteiger partial charge in [-0.15, -0.1) is 0 Å². The maximum absolute atomic E-state index is 12.1. The number of aromatic nitrogens is 2. The second-order valence-electron chi connectivity index (χ2n) is 5.46. The molecule has 8 nitrogen and oxygen atoms in total. The van der Waals surface area contributed by atoms with Crippen molar-refractivity contribution >= 4 is 11.6 Å². The summed E-state index contributed by atoms with van der Waals surface area (Å²) < 4.78 is 5.07. The number of rotatable bonds is 6. The first-order valence-corrected chi connectivity index (χ1v) is 7.46. The van der Waals surface area contributed by atoms with Gasteiger partial charge in [0.05, 0.1) is 11.5 Å². The maximum Gasteiger partial charge on any atom is 0.273 e. The molecule has 1 aromatic heterocycles. The summed E-state index contributed by atoms with van der Waals surface area (Å²) in [5, 5.41) is 17.5. The van der Waals surface area contributed by atoms with E-state index in [1.807, 2.05) is 6.92 Å². The molecule has 0 saturated heterocycles. The minimum atomic E-state index is -0.477. The fourth-order valence-corrected chi connectivity index (χ4v) is 2.28. The summed E-state index contributed by atoms with van der Waals surface area (Å²) >= 11 is 0. The van der Waals surface area contributed by atoms with Gasteiger partial charge in [-0.25, -0.2) is 0 Å². The van der Waals surface area contributed by atoms with Gasteiger partial charge in [-0.3, -0.25) is 14.9 Å². The van der Waals surface area contributed by atoms with Crippen LogP contribution in [0.15, 0.2) is 22.7 Å². The van der Waals surface area contributed by atoms with Crippen LogP contribution in [-0.2, 0) is 13.0 Å². The molecule has 0 aliphatic heterocycles. The monoisotopic (exact) mass is 316 g/mol. The van der Waals surface area contributed by atoms with Crippen molar-refractivity contribution in [3.63, 3.8) is 0 Å². The average Bonchev–Trinajstić information content (AvgIpc) is 3.30. The molecule has 1 amide bonds. The number of carbonyl (C=O) groups is 1. The Morgan fingerprint density at radius 1 is 1.48 bits per heavy atom. The van der Waals surface area contributed by atoms with Gasteiger partial charge in [0, 0.05) is 23.1 Å². The first kappa shape index (κ1) is 15.1. The zero-order valence-electron chi connectivity index (χ0n) is 12.6. The lowest BCUT2D eigenvalue weighted by molar-refractivity contribution is -0.385. The number of hydrogen-bond donors (Lipinski definition) is 1. The molecule has 23 heavy (non-hydrogen) atoms. The lowest BCUT2D eigenvalue weighted by Crippen LogP contribution is -2.23. The Morgan fingerprint density at radius 3 is 2.91 bits per heavy atom. The van der Waals surface area contributed by atoms with E-state index >= 15 is 0 Å². The van der Waals surface area contributed by atoms with Crippen molar-refractivity contribution < 1.29 is 14.2 Å². The molecule has 0 bridgehead atoms. The van der Waals surface area contributed by atoms with E-state index in [0.717, 1.165) is 12.8 Å². The lowest BCUT2D eigenvalue weighted by atomic mass is 10.1. The van der Waals surface area contributed by atoms with E-state index in [2.05, 4.69) is 15.5 Å². The number of benzene rings is 1. The van der Waals surface area contributed by atoms with E-state index in [1.54, 1.807) is 12.1 Å². The quantitative estimate of drug-likeness (QED) is 0.646. The molecule has 0 radical (unpaired) electrons. The average molecular weight is 316 g/mol. The van der Waals surface area contributed by atoms with Crippen molar-refractivity contribution in [3.05, 3.63) is 51.2 Å². The van der Waals surface area contributed by atoms with Gasteiger partial charge < -0.3 is 9.84 Å². The number of nitro groups is 1. The Balaban J connectivity index is 1.67. The van der Waals surface area contributed by atoms with E-state index in [1.165, 1.54) is 6.07 Å². The van der Waals surface area contributed by atoms with E-state index in [-0.39, 0.29) is 17.8 Å². The van der Waals surface area contributed by atoms with Gasteiger partial charge in [0.15, 0.2) is 5.82 Å². The van der Waals surface area contributed by atoms with Gasteiger partial charge in [0.25, 0.3) is 11.6 Å². The minimum Gasteiger partial charge on any atom is -0.343 e. The molecule has 2 aromatic rings. The van der Waals surface area contributed by atoms with Gasteiger partial charge in [-0.2, -0.15) is 4.98 Å². The smallest absolute Gasteiger partial charge is 0.273 e. The van der Waals surface area contributed by atoms with Gasteiger partial charge in [-0.1, -0.05) is 18.1 Å². The van der Waals surface area contributed by atoms with Crippen molar-refractivity contribution in [2.45, 2.75) is 38.6 Å². The van der Waals surface area contributed by atoms with Gasteiger partial charge in [-0.05, 0) is 25.3 Å². The molecule has 1 aliphatic rings. The summed E-state index contributed by atoms with van der Waals surface area (Å²) in [5.74, 6) is 0.978. The molecule has 0 unspecified atom stereocenters. The predicted molar refractivity (Wildman–Crippen MR) is 79.9 cm³/mol. The largest absolute Gasteiger partial charge is 0.343 e. The molecule has 1 fully saturated rings. The predicted octanol–water partition coefficient (Wildman–Crippen LogP) is 2.35. The number of nitro benzene ring substituents is 1. The Bertz CT molecular complexity index is 752. The van der Waals surface area contributed by atoms with Crippen LogP contribution < -0.4 is 5.32 Å². The highest BCUT2D eigenvalue weighted by Crippen LogP contribution is 2.38. The van der Waals surface area contributed by atoms with Crippen LogP contribution in [0.3, 0.4) is 0 Å². The number of hydrogen-bond acceptors (Lipinski definition) is 6. The van der Waals surface area contributed by atoms with Crippen LogP contribution in [0, 0.1) is 10.1 Å². The van der Waals surface area contributed by atoms with E-state index in [0.29, 0.717) is 29.6 Å². The van der Waals surface area contributed by atoms with Crippen LogP contribution in [0.5, 0.6) is 0 Å². The topological polar surface area (TPSA) is 111 Å². The Kier molecular flexibility index (Phi) is 4.05. The molecule has 1 saturated carbocycles. The van der Waals surface area contributed by atoms with Crippen molar-refractivity contribution in [1.29, 1.82) is 0 Å². The molecule has 1 heterocycles. The van der Waals surface area contributed by atoms with Crippen LogP contribution in [0.4, 0.5) is 5.69 Å². The lowest BCUT2D eigenvalue weighted by Gasteiger charge is -2.05. The molecule has 1 N–H and O–H groups in total. The van der Waals surface area contributed by atoms with Gasteiger partial charge in [0.1, 0.15) is 0 Å². The number of amides is 1. The molecule has 120 valence electrons. The molecular weight excluding hydrogens is 300 g/mol. The molecule has 3 rings (SSSR count). The van der Waals surface area contributed by atoms with Gasteiger partial charge >= 0.3 is 0 Å². The van der Waals surface area contributed by atoms with Gasteiger partial charge in [0.2, 0.25) is 5.89 Å². The zero-order valence-corrected chi connectivity index (χ0v) is 12.6. The van der Waals surface area contributed by atoms with E-state index in [4.69, 9.17) is 4.52 Å². The number of nitrogens with one attached hydrogen (secondary N) is 1. The summed E-state index contributed by atoms with van der Waals surface area (Å²) in [7, 11) is 0. The fourth-order valence-electron chi connectivity index (χ4n) is 2.28. The second kappa shape index (κ2) is 6.15.